The molecule has 0 atom stereocenters. The van der Waals surface area contributed by atoms with Gasteiger partial charge in [0.05, 0.1) is 27.0 Å². The van der Waals surface area contributed by atoms with Gasteiger partial charge < -0.3 is 19.7 Å². The molecule has 166 valence electrons. The van der Waals surface area contributed by atoms with E-state index in [0.29, 0.717) is 0 Å². The van der Waals surface area contributed by atoms with E-state index >= 15 is 0 Å². The van der Waals surface area contributed by atoms with Crippen molar-refractivity contribution in [3.05, 3.63) is 46.8 Å². The van der Waals surface area contributed by atoms with E-state index in [4.69, 9.17) is 9.47 Å². The van der Waals surface area contributed by atoms with Crippen molar-refractivity contribution in [2.24, 2.45) is 0 Å². The zero-order chi connectivity index (χ0) is 22.1. The number of amides is 1. The Labute approximate surface area is 194 Å². The first kappa shape index (κ1) is 21.0. The lowest BCUT2D eigenvalue weighted by Crippen LogP contribution is -2.46. The molecule has 1 amide bonds. The molecule has 0 aliphatic carbocycles. The zero-order valence-electron chi connectivity index (χ0n) is 18.1. The van der Waals surface area contributed by atoms with E-state index in [9.17, 15) is 4.79 Å². The lowest BCUT2D eigenvalue weighted by Gasteiger charge is -2.34. The number of anilines is 1. The van der Waals surface area contributed by atoms with Crippen LogP contribution in [0.2, 0.25) is 0 Å². The summed E-state index contributed by atoms with van der Waals surface area (Å²) in [7, 11) is 1.68. The molecule has 6 nitrogen and oxygen atoms in total. The molecule has 0 saturated carbocycles. The van der Waals surface area contributed by atoms with Crippen LogP contribution in [-0.4, -0.2) is 43.7 Å². The van der Waals surface area contributed by atoms with Gasteiger partial charge in [0.15, 0.2) is 6.61 Å². The van der Waals surface area contributed by atoms with Gasteiger partial charge in [-0.2, -0.15) is 0 Å². The van der Waals surface area contributed by atoms with Crippen molar-refractivity contribution >= 4 is 54.6 Å². The van der Waals surface area contributed by atoms with Crippen molar-refractivity contribution in [3.63, 3.8) is 0 Å². The molecular formula is C24H25N3O3S2. The molecule has 2 aromatic carbocycles. The molecule has 2 aromatic heterocycles. The van der Waals surface area contributed by atoms with Gasteiger partial charge in [-0.05, 0) is 55.5 Å². The minimum absolute atomic E-state index is 0.0208. The number of nitrogens with zero attached hydrogens (tertiary/aromatic N) is 2. The van der Waals surface area contributed by atoms with Crippen molar-refractivity contribution in [2.45, 2.75) is 25.8 Å². The monoisotopic (exact) mass is 467 g/mol. The minimum Gasteiger partial charge on any atom is -0.497 e. The predicted octanol–water partition coefficient (Wildman–Crippen LogP) is 4.99. The molecular weight excluding hydrogens is 442 g/mol. The highest BCUT2D eigenvalue weighted by atomic mass is 32.1. The fourth-order valence-corrected chi connectivity index (χ4v) is 6.03. The molecule has 0 bridgehead atoms. The number of nitrogens with one attached hydrogen (secondary N) is 1. The van der Waals surface area contributed by atoms with E-state index in [1.807, 2.05) is 36.6 Å². The Kier molecular flexibility index (Phi) is 5.89. The quantitative estimate of drug-likeness (QED) is 0.433. The van der Waals surface area contributed by atoms with Gasteiger partial charge in [-0.25, -0.2) is 4.98 Å². The number of carbonyl (C=O) groups is 1. The van der Waals surface area contributed by atoms with Crippen molar-refractivity contribution in [1.29, 1.82) is 0 Å². The summed E-state index contributed by atoms with van der Waals surface area (Å²) in [5, 5.41) is 7.24. The number of hydrogen-bond acceptors (Lipinski definition) is 7. The lowest BCUT2D eigenvalue weighted by atomic mass is 10.0. The number of hydrogen-bond donors (Lipinski definition) is 1. The van der Waals surface area contributed by atoms with Gasteiger partial charge in [-0.15, -0.1) is 22.7 Å². The number of ether oxygens (including phenoxy) is 2. The minimum atomic E-state index is -0.0724. The van der Waals surface area contributed by atoms with Crippen LogP contribution >= 0.6 is 22.7 Å². The Balaban J connectivity index is 1.17. The third kappa shape index (κ3) is 4.25. The van der Waals surface area contributed by atoms with Gasteiger partial charge in [0, 0.05) is 36.3 Å². The van der Waals surface area contributed by atoms with Gasteiger partial charge in [0.25, 0.3) is 5.91 Å². The number of benzene rings is 2. The summed E-state index contributed by atoms with van der Waals surface area (Å²) in [5.74, 6) is 1.54. The third-order valence-electron chi connectivity index (χ3n) is 5.82. The Morgan fingerprint density at radius 2 is 2.00 bits per heavy atom. The molecule has 1 aliphatic heterocycles. The number of rotatable bonds is 6. The highest BCUT2D eigenvalue weighted by Gasteiger charge is 2.21. The van der Waals surface area contributed by atoms with Crippen LogP contribution in [0.3, 0.4) is 0 Å². The van der Waals surface area contributed by atoms with E-state index in [0.717, 1.165) is 62.7 Å². The van der Waals surface area contributed by atoms with Crippen LogP contribution in [0.1, 0.15) is 17.8 Å². The number of piperidine rings is 1. The van der Waals surface area contributed by atoms with E-state index < -0.39 is 0 Å². The van der Waals surface area contributed by atoms with Crippen molar-refractivity contribution in [2.75, 3.05) is 31.7 Å². The average molecular weight is 468 g/mol. The number of aryl methyl sites for hydroxylation is 1. The number of carbonyl (C=O) groups excluding carboxylic acids is 1. The Hall–Kier alpha value is -2.84. The number of methoxy groups -OCH3 is 1. The maximum Gasteiger partial charge on any atom is 0.258 e. The second-order valence-electron chi connectivity index (χ2n) is 7.93. The maximum atomic E-state index is 12.6. The van der Waals surface area contributed by atoms with Crippen LogP contribution in [0.5, 0.6) is 11.5 Å². The van der Waals surface area contributed by atoms with Crippen LogP contribution in [-0.2, 0) is 4.79 Å². The SMILES string of the molecule is COc1ccc(N2CCC(NC(=O)COc3cc4sc(C)nc4c4sccc34)CC2)cc1. The molecule has 1 fully saturated rings. The van der Waals surface area contributed by atoms with Crippen LogP contribution in [0.25, 0.3) is 20.3 Å². The van der Waals surface area contributed by atoms with Crippen LogP contribution in [0.15, 0.2) is 41.8 Å². The standard InChI is InChI=1S/C24H25N3O3S2/c1-15-25-23-21(32-15)13-20(19-9-12-31-24(19)23)30-14-22(28)26-16-7-10-27(11-8-16)17-3-5-18(29-2)6-4-17/h3-6,9,12-13,16H,7-8,10-11,14H2,1-2H3,(H,26,28). The summed E-state index contributed by atoms with van der Waals surface area (Å²) >= 11 is 3.31. The molecule has 5 rings (SSSR count). The lowest BCUT2D eigenvalue weighted by molar-refractivity contribution is -0.123. The highest BCUT2D eigenvalue weighted by molar-refractivity contribution is 7.21. The smallest absolute Gasteiger partial charge is 0.258 e. The highest BCUT2D eigenvalue weighted by Crippen LogP contribution is 2.38. The molecule has 1 N–H and O–H groups in total. The number of thiazole rings is 1. The van der Waals surface area contributed by atoms with Crippen molar-refractivity contribution in [3.8, 4) is 11.5 Å². The largest absolute Gasteiger partial charge is 0.497 e. The van der Waals surface area contributed by atoms with E-state index in [-0.39, 0.29) is 18.6 Å². The van der Waals surface area contributed by atoms with Crippen LogP contribution in [0.4, 0.5) is 5.69 Å². The van der Waals surface area contributed by atoms with Crippen LogP contribution < -0.4 is 19.7 Å². The number of fused-ring (bicyclic) bond motifs is 3. The summed E-state index contributed by atoms with van der Waals surface area (Å²) in [6.45, 7) is 3.86. The fraction of sp³-hybridized carbons (Fsp3) is 0.333. The summed E-state index contributed by atoms with van der Waals surface area (Å²) < 4.78 is 13.4. The molecule has 0 unspecified atom stereocenters. The van der Waals surface area contributed by atoms with E-state index in [2.05, 4.69) is 27.3 Å². The van der Waals surface area contributed by atoms with Crippen molar-refractivity contribution in [1.82, 2.24) is 10.3 Å². The summed E-state index contributed by atoms with van der Waals surface area (Å²) in [6, 6.07) is 12.3. The second-order valence-corrected chi connectivity index (χ2v) is 10.1. The Morgan fingerprint density at radius 1 is 1.22 bits per heavy atom. The Morgan fingerprint density at radius 3 is 2.75 bits per heavy atom. The molecule has 0 spiro atoms. The average Bonchev–Trinajstić information content (AvgIpc) is 3.44. The summed E-state index contributed by atoms with van der Waals surface area (Å²) in [4.78, 5) is 19.6. The topological polar surface area (TPSA) is 63.7 Å². The molecule has 3 heterocycles. The second kappa shape index (κ2) is 8.96. The first-order valence-electron chi connectivity index (χ1n) is 10.7. The predicted molar refractivity (Wildman–Crippen MR) is 132 cm³/mol. The fourth-order valence-electron chi connectivity index (χ4n) is 4.19. The first-order chi connectivity index (χ1) is 15.6. The van der Waals surface area contributed by atoms with E-state index in [1.54, 1.807) is 29.8 Å². The van der Waals surface area contributed by atoms with Gasteiger partial charge in [-0.3, -0.25) is 4.79 Å². The van der Waals surface area contributed by atoms with Gasteiger partial charge in [0.2, 0.25) is 0 Å². The maximum absolute atomic E-state index is 12.6. The van der Waals surface area contributed by atoms with Crippen LogP contribution in [0, 0.1) is 6.92 Å². The summed E-state index contributed by atoms with van der Waals surface area (Å²) in [5.41, 5.74) is 2.21. The van der Waals surface area contributed by atoms with Crippen molar-refractivity contribution < 1.29 is 14.3 Å². The zero-order valence-corrected chi connectivity index (χ0v) is 19.7. The molecule has 4 aromatic rings. The first-order valence-corrected chi connectivity index (χ1v) is 12.4. The van der Waals surface area contributed by atoms with Gasteiger partial charge in [0.1, 0.15) is 11.5 Å². The normalized spacial score (nSPS) is 14.8. The molecule has 8 heteroatoms. The molecule has 32 heavy (non-hydrogen) atoms. The number of aromatic nitrogens is 1. The van der Waals surface area contributed by atoms with Gasteiger partial charge >= 0.3 is 0 Å². The number of thiophene rings is 1. The molecule has 1 aliphatic rings. The summed E-state index contributed by atoms with van der Waals surface area (Å²) in [6.07, 6.45) is 1.83. The van der Waals surface area contributed by atoms with Gasteiger partial charge in [-0.1, -0.05) is 0 Å². The van der Waals surface area contributed by atoms with E-state index in [1.165, 1.54) is 5.69 Å². The molecule has 0 radical (unpaired) electrons. The third-order valence-corrected chi connectivity index (χ3v) is 7.66. The molecule has 1 saturated heterocycles. The Bertz CT molecular complexity index is 1240.